The summed E-state index contributed by atoms with van der Waals surface area (Å²) >= 11 is 12.1. The highest BCUT2D eigenvalue weighted by Gasteiger charge is 2.26. The van der Waals surface area contributed by atoms with E-state index in [9.17, 15) is 4.79 Å². The monoisotopic (exact) mass is 275 g/mol. The van der Waals surface area contributed by atoms with Gasteiger partial charge in [-0.25, -0.2) is 4.58 Å². The second kappa shape index (κ2) is 5.10. The molecule has 1 aromatic heterocycles. The lowest BCUT2D eigenvalue weighted by atomic mass is 9.97. The first-order valence-electron chi connectivity index (χ1n) is 5.38. The van der Waals surface area contributed by atoms with Crippen LogP contribution in [0.3, 0.4) is 0 Å². The van der Waals surface area contributed by atoms with E-state index in [1.807, 2.05) is 0 Å². The van der Waals surface area contributed by atoms with Gasteiger partial charge in [-0.2, -0.15) is 0 Å². The molecule has 1 amide bonds. The molecule has 4 nitrogen and oxygen atoms in total. The maximum Gasteiger partial charge on any atom is 0.243 e. The number of nitrogens with two attached hydrogens (primary N) is 1. The Labute approximate surface area is 109 Å². The molecule has 1 saturated heterocycles. The van der Waals surface area contributed by atoms with Gasteiger partial charge < -0.3 is 10.2 Å². The number of carbonyl (C=O) groups is 1. The Balaban J connectivity index is 2.33. The number of rotatable bonds is 1. The predicted molar refractivity (Wildman–Crippen MR) is 65.6 cm³/mol. The molecule has 92 valence electrons. The topological polar surface area (TPSA) is 59.2 Å². The molecule has 6 heteroatoms. The molecule has 0 unspecified atom stereocenters. The van der Waals surface area contributed by atoms with Gasteiger partial charge in [0, 0.05) is 18.8 Å². The highest BCUT2D eigenvalue weighted by atomic mass is 35.5. The zero-order valence-corrected chi connectivity index (χ0v) is 10.7. The van der Waals surface area contributed by atoms with E-state index in [0.29, 0.717) is 10.0 Å². The van der Waals surface area contributed by atoms with Gasteiger partial charge >= 0.3 is 0 Å². The van der Waals surface area contributed by atoms with Crippen LogP contribution in [0.5, 0.6) is 0 Å². The molecule has 17 heavy (non-hydrogen) atoms. The highest BCUT2D eigenvalue weighted by Crippen LogP contribution is 2.14. The molecule has 0 saturated carbocycles. The van der Waals surface area contributed by atoms with Crippen LogP contribution in [-0.4, -0.2) is 19.0 Å². The maximum atomic E-state index is 11.1. The number of carbonyl (C=O) groups excluding carboxylic acids is 1. The van der Waals surface area contributed by atoms with E-state index in [1.165, 1.54) is 12.5 Å². The Bertz CT molecular complexity index is 477. The van der Waals surface area contributed by atoms with Crippen molar-refractivity contribution in [2.24, 2.45) is 11.7 Å². The molecule has 0 bridgehead atoms. The van der Waals surface area contributed by atoms with E-state index in [-0.39, 0.29) is 11.8 Å². The fourth-order valence-corrected chi connectivity index (χ4v) is 2.66. The summed E-state index contributed by atoms with van der Waals surface area (Å²) in [5.74, 6) is -0.276. The second-order valence-electron chi connectivity index (χ2n) is 4.08. The molecule has 0 spiro atoms. The van der Waals surface area contributed by atoms with Crippen molar-refractivity contribution in [2.75, 3.05) is 13.1 Å². The van der Waals surface area contributed by atoms with Crippen molar-refractivity contribution in [3.63, 3.8) is 0 Å². The minimum Gasteiger partial charge on any atom is -0.469 e. The standard InChI is InChI=1S/C11H12Cl2N2O2/c12-8-5-17-6-9(13)10(8)15-3-1-7(2-4-15)11(14)16/h5-7H,1-4H2,(H-,14,16)/p+1. The van der Waals surface area contributed by atoms with Crippen molar-refractivity contribution in [2.45, 2.75) is 12.8 Å². The van der Waals surface area contributed by atoms with E-state index in [0.717, 1.165) is 31.3 Å². The van der Waals surface area contributed by atoms with E-state index < -0.39 is 0 Å². The summed E-state index contributed by atoms with van der Waals surface area (Å²) in [5, 5.41) is 1.73. The van der Waals surface area contributed by atoms with E-state index in [2.05, 4.69) is 4.58 Å². The van der Waals surface area contributed by atoms with Crippen LogP contribution in [0.1, 0.15) is 12.8 Å². The third kappa shape index (κ3) is 2.64. The quantitative estimate of drug-likeness (QED) is 0.785. The Morgan fingerprint density at radius 2 is 1.82 bits per heavy atom. The minimum atomic E-state index is -0.232. The summed E-state index contributed by atoms with van der Waals surface area (Å²) in [7, 11) is 0. The fourth-order valence-electron chi connectivity index (χ4n) is 2.07. The van der Waals surface area contributed by atoms with E-state index >= 15 is 0 Å². The molecule has 1 fully saturated rings. The molecule has 2 N–H and O–H groups in total. The molecule has 0 aromatic carbocycles. The number of primary amides is 1. The van der Waals surface area contributed by atoms with Crippen LogP contribution in [0.2, 0.25) is 10.0 Å². The number of nitrogens with zero attached hydrogens (tertiary/aromatic N) is 1. The number of halogens is 2. The van der Waals surface area contributed by atoms with Gasteiger partial charge in [0.25, 0.3) is 0 Å². The van der Waals surface area contributed by atoms with Crippen LogP contribution in [0.15, 0.2) is 16.9 Å². The predicted octanol–water partition coefficient (Wildman–Crippen LogP) is 1.25. The molecule has 1 aromatic rings. The summed E-state index contributed by atoms with van der Waals surface area (Å²) in [6, 6.07) is 0. The van der Waals surface area contributed by atoms with Crippen molar-refractivity contribution in [1.29, 1.82) is 0 Å². The van der Waals surface area contributed by atoms with Gasteiger partial charge in [-0.05, 0) is 0 Å². The van der Waals surface area contributed by atoms with Gasteiger partial charge in [-0.3, -0.25) is 4.79 Å². The van der Waals surface area contributed by atoms with Crippen LogP contribution in [0, 0.1) is 5.92 Å². The van der Waals surface area contributed by atoms with Crippen LogP contribution in [0.25, 0.3) is 0 Å². The van der Waals surface area contributed by atoms with Crippen LogP contribution < -0.4 is 15.7 Å². The third-order valence-corrected chi connectivity index (χ3v) is 3.55. The van der Waals surface area contributed by atoms with Gasteiger partial charge in [-0.1, -0.05) is 23.2 Å². The average molecular weight is 276 g/mol. The molecule has 0 aliphatic carbocycles. The maximum absolute atomic E-state index is 11.1. The number of hydrogen-bond donors (Lipinski definition) is 1. The van der Waals surface area contributed by atoms with Crippen LogP contribution in [-0.2, 0) is 4.79 Å². The Kier molecular flexibility index (Phi) is 3.74. The van der Waals surface area contributed by atoms with Gasteiger partial charge in [0.1, 0.15) is 35.7 Å². The first-order valence-corrected chi connectivity index (χ1v) is 6.14. The largest absolute Gasteiger partial charge is 0.469 e. The molecule has 1 aliphatic rings. The highest BCUT2D eigenvalue weighted by molar-refractivity contribution is 6.34. The number of amides is 1. The summed E-state index contributed by atoms with van der Waals surface area (Å²) in [6.07, 6.45) is 4.36. The van der Waals surface area contributed by atoms with Crippen molar-refractivity contribution >= 4 is 29.1 Å². The van der Waals surface area contributed by atoms with Gasteiger partial charge in [0.05, 0.1) is 0 Å². The molecule has 1 aliphatic heterocycles. The van der Waals surface area contributed by atoms with E-state index in [1.54, 1.807) is 0 Å². The molecule has 0 radical (unpaired) electrons. The van der Waals surface area contributed by atoms with E-state index in [4.69, 9.17) is 33.4 Å². The summed E-state index contributed by atoms with van der Waals surface area (Å²) in [5.41, 5.74) is 5.29. The molecular formula is C11H13Cl2N2O2+. The van der Waals surface area contributed by atoms with Crippen molar-refractivity contribution in [1.82, 2.24) is 4.58 Å². The first-order chi connectivity index (χ1) is 8.09. The number of piperidine rings is 1. The molecular weight excluding hydrogens is 263 g/mol. The van der Waals surface area contributed by atoms with Crippen LogP contribution in [0.4, 0.5) is 0 Å². The second-order valence-corrected chi connectivity index (χ2v) is 4.89. The fraction of sp³-hybridized carbons (Fsp3) is 0.455. The van der Waals surface area contributed by atoms with Gasteiger partial charge in [0.2, 0.25) is 11.3 Å². The summed E-state index contributed by atoms with van der Waals surface area (Å²) < 4.78 is 7.02. The zero-order valence-electron chi connectivity index (χ0n) is 9.16. The van der Waals surface area contributed by atoms with Crippen molar-refractivity contribution in [3.05, 3.63) is 27.9 Å². The average Bonchev–Trinajstić information content (AvgIpc) is 2.29. The Morgan fingerprint density at radius 3 is 2.29 bits per heavy atom. The Morgan fingerprint density at radius 1 is 1.29 bits per heavy atom. The Hall–Kier alpha value is -1.00. The molecule has 2 heterocycles. The lowest BCUT2D eigenvalue weighted by Gasteiger charge is -2.17. The lowest BCUT2D eigenvalue weighted by molar-refractivity contribution is -0.122. The summed E-state index contributed by atoms with van der Waals surface area (Å²) in [4.78, 5) is 11.1. The van der Waals surface area contributed by atoms with Gasteiger partial charge in [-0.15, -0.1) is 0 Å². The summed E-state index contributed by atoms with van der Waals surface area (Å²) in [6.45, 7) is 1.44. The molecule has 2 rings (SSSR count). The normalized spacial score (nSPS) is 20.4. The number of hydrogen-bond acceptors (Lipinski definition) is 2. The third-order valence-electron chi connectivity index (χ3n) is 3.01. The van der Waals surface area contributed by atoms with Crippen molar-refractivity contribution in [3.8, 4) is 0 Å². The SMILES string of the molecule is NC(=O)C1CC[N+](=c2c(Cl)cocc2Cl)CC1. The lowest BCUT2D eigenvalue weighted by Crippen LogP contribution is -2.41. The molecule has 0 atom stereocenters. The van der Waals surface area contributed by atoms with Gasteiger partial charge in [0.15, 0.2) is 0 Å². The first kappa shape index (κ1) is 12.5. The zero-order chi connectivity index (χ0) is 12.4. The van der Waals surface area contributed by atoms with Crippen LogP contribution >= 0.6 is 23.2 Å². The minimum absolute atomic E-state index is 0.0443. The van der Waals surface area contributed by atoms with Crippen molar-refractivity contribution < 1.29 is 9.21 Å². The smallest absolute Gasteiger partial charge is 0.243 e.